The van der Waals surface area contributed by atoms with Crippen LogP contribution in [-0.2, 0) is 0 Å². The van der Waals surface area contributed by atoms with Crippen molar-refractivity contribution >= 4 is 28.1 Å². The molecule has 19 heavy (non-hydrogen) atoms. The maximum Gasteiger partial charge on any atom is 0.257 e. The van der Waals surface area contributed by atoms with E-state index in [1.54, 1.807) is 18.4 Å². The molecule has 1 heterocycles. The highest BCUT2D eigenvalue weighted by Gasteiger charge is 2.10. The van der Waals surface area contributed by atoms with E-state index in [0.29, 0.717) is 22.1 Å². The van der Waals surface area contributed by atoms with E-state index in [2.05, 4.69) is 15.5 Å². The lowest BCUT2D eigenvalue weighted by atomic mass is 10.1. The zero-order valence-electron chi connectivity index (χ0n) is 10.5. The molecule has 0 fully saturated rings. The van der Waals surface area contributed by atoms with E-state index in [4.69, 9.17) is 5.21 Å². The second-order valence-electron chi connectivity index (χ2n) is 4.05. The van der Waals surface area contributed by atoms with E-state index in [-0.39, 0.29) is 5.91 Å². The highest BCUT2D eigenvalue weighted by molar-refractivity contribution is 7.14. The quantitative estimate of drug-likeness (QED) is 0.514. The normalized spacial score (nSPS) is 11.4. The van der Waals surface area contributed by atoms with Crippen molar-refractivity contribution in [1.29, 1.82) is 0 Å². The van der Waals surface area contributed by atoms with Gasteiger partial charge in [0, 0.05) is 10.9 Å². The lowest BCUT2D eigenvalue weighted by Crippen LogP contribution is -2.12. The Morgan fingerprint density at radius 2 is 2.26 bits per heavy atom. The molecule has 2 aromatic rings. The molecule has 0 bridgehead atoms. The van der Waals surface area contributed by atoms with Crippen molar-refractivity contribution in [2.24, 2.45) is 5.16 Å². The van der Waals surface area contributed by atoms with E-state index in [1.807, 2.05) is 25.1 Å². The van der Waals surface area contributed by atoms with Crippen molar-refractivity contribution in [2.75, 3.05) is 5.32 Å². The van der Waals surface area contributed by atoms with Gasteiger partial charge < -0.3 is 5.21 Å². The Kier molecular flexibility index (Phi) is 3.91. The first-order valence-electron chi connectivity index (χ1n) is 5.62. The van der Waals surface area contributed by atoms with E-state index in [9.17, 15) is 4.79 Å². The van der Waals surface area contributed by atoms with Gasteiger partial charge in [-0.1, -0.05) is 22.9 Å². The zero-order valence-corrected chi connectivity index (χ0v) is 11.4. The predicted molar refractivity (Wildman–Crippen MR) is 75.2 cm³/mol. The van der Waals surface area contributed by atoms with Gasteiger partial charge in [-0.15, -0.1) is 11.3 Å². The van der Waals surface area contributed by atoms with Crippen molar-refractivity contribution < 1.29 is 10.0 Å². The number of rotatable bonds is 3. The van der Waals surface area contributed by atoms with Gasteiger partial charge in [-0.3, -0.25) is 10.1 Å². The highest BCUT2D eigenvalue weighted by Crippen LogP contribution is 2.17. The van der Waals surface area contributed by atoms with Crippen LogP contribution in [0.1, 0.15) is 28.5 Å². The number of aromatic nitrogens is 1. The molecule has 0 spiro atoms. The number of amides is 1. The van der Waals surface area contributed by atoms with Gasteiger partial charge in [-0.2, -0.15) is 0 Å². The number of carbonyl (C=O) groups excluding carboxylic acids is 1. The SMILES string of the molecule is CC(=NO)c1csc(NC(=O)c2cccc(C)c2)n1. The molecule has 1 amide bonds. The minimum Gasteiger partial charge on any atom is -0.411 e. The third kappa shape index (κ3) is 3.17. The molecule has 1 aromatic heterocycles. The number of aryl methyl sites for hydroxylation is 1. The molecule has 5 nitrogen and oxygen atoms in total. The zero-order chi connectivity index (χ0) is 13.8. The standard InChI is InChI=1S/C13H13N3O2S/c1-8-4-3-5-10(6-8)12(17)15-13-14-11(7-19-13)9(2)16-18/h3-7,18H,1-2H3,(H,14,15,17). The van der Waals surface area contributed by atoms with Crippen LogP contribution in [0, 0.1) is 6.92 Å². The molecule has 0 unspecified atom stereocenters. The van der Waals surface area contributed by atoms with E-state index in [1.165, 1.54) is 11.3 Å². The number of carbonyl (C=O) groups is 1. The second-order valence-corrected chi connectivity index (χ2v) is 4.91. The number of nitrogens with one attached hydrogen (secondary N) is 1. The summed E-state index contributed by atoms with van der Waals surface area (Å²) in [6.45, 7) is 3.57. The first-order chi connectivity index (χ1) is 9.10. The Morgan fingerprint density at radius 1 is 1.47 bits per heavy atom. The van der Waals surface area contributed by atoms with Crippen molar-refractivity contribution in [2.45, 2.75) is 13.8 Å². The topological polar surface area (TPSA) is 74.6 Å². The summed E-state index contributed by atoms with van der Waals surface area (Å²) in [6.07, 6.45) is 0. The molecule has 2 N–H and O–H groups in total. The van der Waals surface area contributed by atoms with Gasteiger partial charge in [0.2, 0.25) is 0 Å². The third-order valence-corrected chi connectivity index (χ3v) is 3.28. The van der Waals surface area contributed by atoms with Crippen LogP contribution in [0.3, 0.4) is 0 Å². The average Bonchev–Trinajstić information content (AvgIpc) is 2.86. The van der Waals surface area contributed by atoms with Crippen LogP contribution < -0.4 is 5.32 Å². The van der Waals surface area contributed by atoms with Gasteiger partial charge >= 0.3 is 0 Å². The Balaban J connectivity index is 2.13. The maximum atomic E-state index is 12.0. The van der Waals surface area contributed by atoms with Gasteiger partial charge in [0.15, 0.2) is 5.13 Å². The molecule has 0 saturated carbocycles. The number of oxime groups is 1. The van der Waals surface area contributed by atoms with E-state index in [0.717, 1.165) is 5.56 Å². The molecule has 0 atom stereocenters. The van der Waals surface area contributed by atoms with Crippen LogP contribution >= 0.6 is 11.3 Å². The lowest BCUT2D eigenvalue weighted by molar-refractivity contribution is 0.102. The minimum atomic E-state index is -0.205. The van der Waals surface area contributed by atoms with Crippen LogP contribution in [0.4, 0.5) is 5.13 Å². The summed E-state index contributed by atoms with van der Waals surface area (Å²) in [7, 11) is 0. The van der Waals surface area contributed by atoms with E-state index < -0.39 is 0 Å². The monoisotopic (exact) mass is 275 g/mol. The smallest absolute Gasteiger partial charge is 0.257 e. The molecule has 2 rings (SSSR count). The average molecular weight is 275 g/mol. The maximum absolute atomic E-state index is 12.0. The first-order valence-corrected chi connectivity index (χ1v) is 6.50. The molecular weight excluding hydrogens is 262 g/mol. The fourth-order valence-corrected chi connectivity index (χ4v) is 2.25. The Hall–Kier alpha value is -2.21. The van der Waals surface area contributed by atoms with Crippen molar-refractivity contribution in [3.05, 3.63) is 46.5 Å². The molecule has 0 aliphatic heterocycles. The van der Waals surface area contributed by atoms with Gasteiger partial charge in [-0.25, -0.2) is 4.98 Å². The van der Waals surface area contributed by atoms with Crippen LogP contribution in [0.5, 0.6) is 0 Å². The number of nitrogens with zero attached hydrogens (tertiary/aromatic N) is 2. The van der Waals surface area contributed by atoms with Crippen LogP contribution in [-0.4, -0.2) is 21.8 Å². The Bertz CT molecular complexity index is 634. The molecular formula is C13H13N3O2S. The summed E-state index contributed by atoms with van der Waals surface area (Å²) in [5.41, 5.74) is 2.57. The summed E-state index contributed by atoms with van der Waals surface area (Å²) < 4.78 is 0. The molecule has 0 aliphatic rings. The van der Waals surface area contributed by atoms with Crippen LogP contribution in [0.2, 0.25) is 0 Å². The fourth-order valence-electron chi connectivity index (χ4n) is 1.50. The van der Waals surface area contributed by atoms with Crippen molar-refractivity contribution in [3.8, 4) is 0 Å². The molecule has 0 saturated heterocycles. The molecule has 98 valence electrons. The summed E-state index contributed by atoms with van der Waals surface area (Å²) in [4.78, 5) is 16.2. The van der Waals surface area contributed by atoms with Gasteiger partial charge in [0.1, 0.15) is 11.4 Å². The molecule has 1 aromatic carbocycles. The summed E-state index contributed by atoms with van der Waals surface area (Å²) in [5.74, 6) is -0.205. The molecule has 6 heteroatoms. The minimum absolute atomic E-state index is 0.205. The second kappa shape index (κ2) is 5.62. The summed E-state index contributed by atoms with van der Waals surface area (Å²) in [6, 6.07) is 7.32. The van der Waals surface area contributed by atoms with Crippen molar-refractivity contribution in [3.63, 3.8) is 0 Å². The number of benzene rings is 1. The Labute approximate surface area is 114 Å². The molecule has 0 radical (unpaired) electrons. The van der Waals surface area contributed by atoms with Gasteiger partial charge in [-0.05, 0) is 26.0 Å². The summed E-state index contributed by atoms with van der Waals surface area (Å²) >= 11 is 1.29. The largest absolute Gasteiger partial charge is 0.411 e. The number of anilines is 1. The first kappa shape index (κ1) is 13.2. The Morgan fingerprint density at radius 3 is 2.95 bits per heavy atom. The number of thiazole rings is 1. The van der Waals surface area contributed by atoms with Crippen LogP contribution in [0.25, 0.3) is 0 Å². The van der Waals surface area contributed by atoms with Gasteiger partial charge in [0.05, 0.1) is 0 Å². The lowest BCUT2D eigenvalue weighted by Gasteiger charge is -2.02. The predicted octanol–water partition coefficient (Wildman–Crippen LogP) is 2.90. The van der Waals surface area contributed by atoms with E-state index >= 15 is 0 Å². The van der Waals surface area contributed by atoms with Gasteiger partial charge in [0.25, 0.3) is 5.91 Å². The summed E-state index contributed by atoms with van der Waals surface area (Å²) in [5, 5.41) is 16.6. The fraction of sp³-hybridized carbons (Fsp3) is 0.154. The highest BCUT2D eigenvalue weighted by atomic mass is 32.1. The number of hydrogen-bond acceptors (Lipinski definition) is 5. The molecule has 0 aliphatic carbocycles. The number of hydrogen-bond donors (Lipinski definition) is 2. The third-order valence-electron chi connectivity index (χ3n) is 2.53. The van der Waals surface area contributed by atoms with Crippen molar-refractivity contribution in [1.82, 2.24) is 4.98 Å². The van der Waals surface area contributed by atoms with Crippen LogP contribution in [0.15, 0.2) is 34.8 Å².